The van der Waals surface area contributed by atoms with Gasteiger partial charge in [-0.25, -0.2) is 0 Å². The molecule has 0 saturated heterocycles. The molecular formula is C24H23N5OS. The Hall–Kier alpha value is -3.32. The molecule has 5 rings (SSSR count). The van der Waals surface area contributed by atoms with Gasteiger partial charge in [0, 0.05) is 29.2 Å². The largest absolute Gasteiger partial charge is 0.410 e. The van der Waals surface area contributed by atoms with Crippen molar-refractivity contribution in [2.75, 3.05) is 6.26 Å². The van der Waals surface area contributed by atoms with Crippen molar-refractivity contribution in [3.8, 4) is 22.8 Å². The first-order valence-electron chi connectivity index (χ1n) is 10.3. The zero-order valence-electron chi connectivity index (χ0n) is 17.5. The molecule has 0 aliphatic rings. The van der Waals surface area contributed by atoms with Crippen LogP contribution in [0.1, 0.15) is 18.9 Å². The van der Waals surface area contributed by atoms with Gasteiger partial charge >= 0.3 is 0 Å². The predicted octanol–water partition coefficient (Wildman–Crippen LogP) is 5.74. The van der Waals surface area contributed by atoms with Crippen LogP contribution in [0.4, 0.5) is 0 Å². The zero-order valence-corrected chi connectivity index (χ0v) is 18.3. The van der Waals surface area contributed by atoms with Crippen LogP contribution in [0, 0.1) is 0 Å². The van der Waals surface area contributed by atoms with E-state index in [1.807, 2.05) is 29.1 Å². The summed E-state index contributed by atoms with van der Waals surface area (Å²) in [4.78, 5) is 0. The third-order valence-corrected chi connectivity index (χ3v) is 5.80. The molecule has 0 unspecified atom stereocenters. The van der Waals surface area contributed by atoms with Crippen molar-refractivity contribution >= 4 is 22.7 Å². The smallest absolute Gasteiger partial charge is 0.276 e. The van der Waals surface area contributed by atoms with Gasteiger partial charge in [-0.3, -0.25) is 4.68 Å². The van der Waals surface area contributed by atoms with Gasteiger partial charge < -0.3 is 8.98 Å². The number of rotatable bonds is 7. The monoisotopic (exact) mass is 429 g/mol. The molecule has 0 aliphatic heterocycles. The Balaban J connectivity index is 1.65. The molecule has 3 heterocycles. The second-order valence-corrected chi connectivity index (χ2v) is 8.15. The highest BCUT2D eigenvalue weighted by Gasteiger charge is 2.20. The summed E-state index contributed by atoms with van der Waals surface area (Å²) in [5.41, 5.74) is 5.22. The number of aryl methyl sites for hydroxylation is 1. The fraction of sp³-hybridized carbons (Fsp3) is 0.208. The molecule has 3 aromatic heterocycles. The minimum atomic E-state index is 0.483. The lowest BCUT2D eigenvalue weighted by Crippen LogP contribution is -2.04. The first-order chi connectivity index (χ1) is 15.3. The molecule has 0 radical (unpaired) electrons. The summed E-state index contributed by atoms with van der Waals surface area (Å²) in [5.74, 6) is 0.483. The van der Waals surface area contributed by atoms with Crippen molar-refractivity contribution in [2.24, 2.45) is 0 Å². The first-order valence-corrected chi connectivity index (χ1v) is 11.6. The van der Waals surface area contributed by atoms with Crippen molar-refractivity contribution in [3.63, 3.8) is 0 Å². The quantitative estimate of drug-likeness (QED) is 0.309. The van der Waals surface area contributed by atoms with E-state index in [1.165, 1.54) is 22.7 Å². The van der Waals surface area contributed by atoms with Gasteiger partial charge in [-0.1, -0.05) is 67.2 Å². The van der Waals surface area contributed by atoms with Crippen molar-refractivity contribution in [2.45, 2.75) is 31.7 Å². The Kier molecular flexibility index (Phi) is 5.34. The van der Waals surface area contributed by atoms with E-state index in [0.29, 0.717) is 17.7 Å². The summed E-state index contributed by atoms with van der Waals surface area (Å²) in [6.07, 6.45) is 5.20. The molecule has 0 aliphatic carbocycles. The molecule has 0 atom stereocenters. The maximum atomic E-state index is 5.85. The van der Waals surface area contributed by atoms with Crippen molar-refractivity contribution in [3.05, 3.63) is 72.4 Å². The third-order valence-electron chi connectivity index (χ3n) is 5.28. The third kappa shape index (κ3) is 3.77. The number of hydrogen-bond acceptors (Lipinski definition) is 5. The highest BCUT2D eigenvalue weighted by Crippen LogP contribution is 2.33. The van der Waals surface area contributed by atoms with E-state index in [-0.39, 0.29) is 0 Å². The van der Waals surface area contributed by atoms with E-state index in [4.69, 9.17) is 9.52 Å². The van der Waals surface area contributed by atoms with E-state index in [9.17, 15) is 0 Å². The molecular weight excluding hydrogens is 406 g/mol. The van der Waals surface area contributed by atoms with Crippen molar-refractivity contribution in [1.29, 1.82) is 0 Å². The SMILES string of the molecule is CCCn1cc(-c2cc(-c3nnc(SC)o3)n(Cc3ccccc3)n2)c2ccccc21. The number of fused-ring (bicyclic) bond motifs is 1. The zero-order chi connectivity index (χ0) is 21.2. The molecule has 0 bridgehead atoms. The van der Waals surface area contributed by atoms with Gasteiger partial charge in [0.05, 0.1) is 12.2 Å². The van der Waals surface area contributed by atoms with Crippen LogP contribution in [-0.4, -0.2) is 30.8 Å². The molecule has 0 fully saturated rings. The number of hydrogen-bond donors (Lipinski definition) is 0. The first kappa shape index (κ1) is 19.6. The predicted molar refractivity (Wildman–Crippen MR) is 124 cm³/mol. The van der Waals surface area contributed by atoms with Crippen molar-refractivity contribution in [1.82, 2.24) is 24.5 Å². The fourth-order valence-corrected chi connectivity index (χ4v) is 4.15. The van der Waals surface area contributed by atoms with Crippen LogP contribution in [0.2, 0.25) is 0 Å². The number of benzene rings is 2. The van der Waals surface area contributed by atoms with E-state index >= 15 is 0 Å². The van der Waals surface area contributed by atoms with Gasteiger partial charge in [0.1, 0.15) is 5.69 Å². The minimum absolute atomic E-state index is 0.483. The number of para-hydroxylation sites is 1. The Morgan fingerprint density at radius 3 is 2.58 bits per heavy atom. The van der Waals surface area contributed by atoms with E-state index in [0.717, 1.165) is 35.5 Å². The van der Waals surface area contributed by atoms with Crippen molar-refractivity contribution < 1.29 is 4.42 Å². The van der Waals surface area contributed by atoms with Gasteiger partial charge in [-0.05, 0) is 30.4 Å². The van der Waals surface area contributed by atoms with Gasteiger partial charge in [0.25, 0.3) is 11.1 Å². The molecule has 0 spiro atoms. The summed E-state index contributed by atoms with van der Waals surface area (Å²) in [5, 5.41) is 15.1. The van der Waals surface area contributed by atoms with E-state index in [1.54, 1.807) is 0 Å². The lowest BCUT2D eigenvalue weighted by molar-refractivity contribution is 0.461. The summed E-state index contributed by atoms with van der Waals surface area (Å²) < 4.78 is 10.1. The van der Waals surface area contributed by atoms with Crippen LogP contribution in [0.3, 0.4) is 0 Å². The Bertz CT molecular complexity index is 1320. The Morgan fingerprint density at radius 1 is 1.00 bits per heavy atom. The van der Waals surface area contributed by atoms with Crippen LogP contribution < -0.4 is 0 Å². The van der Waals surface area contributed by atoms with Crippen LogP contribution in [0.5, 0.6) is 0 Å². The van der Waals surface area contributed by atoms with Gasteiger partial charge in [0.15, 0.2) is 0 Å². The summed E-state index contributed by atoms with van der Waals surface area (Å²) in [6, 6.07) is 20.8. The lowest BCUT2D eigenvalue weighted by atomic mass is 10.1. The molecule has 2 aromatic carbocycles. The second-order valence-electron chi connectivity index (χ2n) is 7.39. The topological polar surface area (TPSA) is 61.7 Å². The summed E-state index contributed by atoms with van der Waals surface area (Å²) in [7, 11) is 0. The van der Waals surface area contributed by atoms with Crippen LogP contribution in [-0.2, 0) is 13.1 Å². The van der Waals surface area contributed by atoms with E-state index in [2.05, 4.69) is 70.3 Å². The molecule has 0 saturated carbocycles. The molecule has 7 heteroatoms. The summed E-state index contributed by atoms with van der Waals surface area (Å²) >= 11 is 1.43. The van der Waals surface area contributed by atoms with Gasteiger partial charge in [-0.15, -0.1) is 10.2 Å². The lowest BCUT2D eigenvalue weighted by Gasteiger charge is -2.04. The second kappa shape index (κ2) is 8.43. The Morgan fingerprint density at radius 2 is 1.81 bits per heavy atom. The Labute approximate surface area is 184 Å². The highest BCUT2D eigenvalue weighted by molar-refractivity contribution is 7.98. The minimum Gasteiger partial charge on any atom is -0.410 e. The van der Waals surface area contributed by atoms with Crippen LogP contribution in [0.15, 0.2) is 76.5 Å². The standard InChI is InChI=1S/C24H23N5OS/c1-3-13-28-16-19(18-11-7-8-12-21(18)28)20-14-22(23-25-26-24(30-23)31-2)29(27-20)15-17-9-5-4-6-10-17/h4-12,14,16H,3,13,15H2,1-2H3. The molecule has 0 N–H and O–H groups in total. The van der Waals surface area contributed by atoms with Crippen LogP contribution in [0.25, 0.3) is 33.7 Å². The molecule has 31 heavy (non-hydrogen) atoms. The fourth-order valence-electron chi connectivity index (χ4n) is 3.87. The van der Waals surface area contributed by atoms with Crippen LogP contribution >= 0.6 is 11.8 Å². The molecule has 156 valence electrons. The van der Waals surface area contributed by atoms with Gasteiger partial charge in [-0.2, -0.15) is 5.10 Å². The van der Waals surface area contributed by atoms with E-state index < -0.39 is 0 Å². The number of aromatic nitrogens is 5. The summed E-state index contributed by atoms with van der Waals surface area (Å²) in [6.45, 7) is 3.79. The average Bonchev–Trinajstić information content (AvgIpc) is 3.52. The molecule has 6 nitrogen and oxygen atoms in total. The maximum Gasteiger partial charge on any atom is 0.276 e. The number of thioether (sulfide) groups is 1. The average molecular weight is 430 g/mol. The maximum absolute atomic E-state index is 5.85. The highest BCUT2D eigenvalue weighted by atomic mass is 32.2. The molecule has 0 amide bonds. The van der Waals surface area contributed by atoms with Gasteiger partial charge in [0.2, 0.25) is 0 Å². The normalized spacial score (nSPS) is 11.4. The number of nitrogens with zero attached hydrogens (tertiary/aromatic N) is 5. The molecule has 5 aromatic rings.